The Balaban J connectivity index is 1.82. The van der Waals surface area contributed by atoms with Crippen molar-refractivity contribution in [3.05, 3.63) is 0 Å². The highest BCUT2D eigenvalue weighted by Crippen LogP contribution is 2.35. The molecular weight excluding hydrogens is 198 g/mol. The molecule has 0 aromatic heterocycles. The molecule has 2 aliphatic rings. The van der Waals surface area contributed by atoms with E-state index < -0.39 is 10.0 Å². The Hall–Kier alpha value is -0.0900. The first kappa shape index (κ1) is 10.4. The standard InChI is InChI=1S/C10H19NO2S/c1-8(2)5-9-6-11(7-9)14(12,13)10-3-4-10/h8-10H,3-7H2,1-2H3. The first-order valence-corrected chi connectivity index (χ1v) is 6.99. The summed E-state index contributed by atoms with van der Waals surface area (Å²) in [5.41, 5.74) is 0. The monoisotopic (exact) mass is 217 g/mol. The van der Waals surface area contributed by atoms with Crippen LogP contribution < -0.4 is 0 Å². The molecule has 0 bridgehead atoms. The van der Waals surface area contributed by atoms with Crippen molar-refractivity contribution in [3.63, 3.8) is 0 Å². The lowest BCUT2D eigenvalue weighted by Crippen LogP contribution is -2.51. The zero-order chi connectivity index (χ0) is 10.3. The van der Waals surface area contributed by atoms with E-state index in [-0.39, 0.29) is 5.25 Å². The molecule has 3 nitrogen and oxygen atoms in total. The average molecular weight is 217 g/mol. The van der Waals surface area contributed by atoms with Gasteiger partial charge < -0.3 is 0 Å². The van der Waals surface area contributed by atoms with Gasteiger partial charge in [0.1, 0.15) is 0 Å². The molecule has 4 heteroatoms. The van der Waals surface area contributed by atoms with Gasteiger partial charge in [-0.2, -0.15) is 0 Å². The maximum atomic E-state index is 11.7. The summed E-state index contributed by atoms with van der Waals surface area (Å²) < 4.78 is 25.1. The van der Waals surface area contributed by atoms with Gasteiger partial charge in [0.2, 0.25) is 10.0 Å². The fraction of sp³-hybridized carbons (Fsp3) is 1.00. The highest BCUT2D eigenvalue weighted by atomic mass is 32.2. The fourth-order valence-electron chi connectivity index (χ4n) is 2.12. The van der Waals surface area contributed by atoms with E-state index in [1.165, 1.54) is 0 Å². The zero-order valence-electron chi connectivity index (χ0n) is 8.94. The van der Waals surface area contributed by atoms with Crippen molar-refractivity contribution in [2.45, 2.75) is 38.4 Å². The minimum atomic E-state index is -2.86. The molecule has 1 aliphatic carbocycles. The molecule has 0 aromatic rings. The lowest BCUT2D eigenvalue weighted by Gasteiger charge is -2.39. The molecular formula is C10H19NO2S. The first-order chi connectivity index (χ1) is 6.50. The van der Waals surface area contributed by atoms with Crippen molar-refractivity contribution < 1.29 is 8.42 Å². The Kier molecular flexibility index (Phi) is 2.60. The fourth-order valence-corrected chi connectivity index (χ4v) is 4.11. The van der Waals surface area contributed by atoms with Gasteiger partial charge in [-0.1, -0.05) is 13.8 Å². The van der Waals surface area contributed by atoms with Crippen LogP contribution in [0.15, 0.2) is 0 Å². The lowest BCUT2D eigenvalue weighted by atomic mass is 9.92. The molecule has 1 heterocycles. The van der Waals surface area contributed by atoms with E-state index in [9.17, 15) is 8.42 Å². The van der Waals surface area contributed by atoms with E-state index in [2.05, 4.69) is 13.8 Å². The van der Waals surface area contributed by atoms with Gasteiger partial charge in [-0.25, -0.2) is 12.7 Å². The molecule has 2 rings (SSSR count). The molecule has 0 N–H and O–H groups in total. The average Bonchev–Trinajstić information content (AvgIpc) is 2.75. The zero-order valence-corrected chi connectivity index (χ0v) is 9.76. The molecule has 1 aliphatic heterocycles. The topological polar surface area (TPSA) is 37.4 Å². The third kappa shape index (κ3) is 1.96. The normalized spacial score (nSPS) is 25.4. The number of hydrogen-bond donors (Lipinski definition) is 0. The van der Waals surface area contributed by atoms with E-state index in [1.54, 1.807) is 4.31 Å². The molecule has 0 aromatic carbocycles. The summed E-state index contributed by atoms with van der Waals surface area (Å²) in [7, 11) is -2.86. The number of nitrogens with zero attached hydrogens (tertiary/aromatic N) is 1. The van der Waals surface area contributed by atoms with Crippen LogP contribution in [0.2, 0.25) is 0 Å². The molecule has 0 spiro atoms. The highest BCUT2D eigenvalue weighted by Gasteiger charge is 2.44. The molecule has 0 atom stereocenters. The van der Waals surface area contributed by atoms with Gasteiger partial charge in [-0.05, 0) is 31.1 Å². The van der Waals surface area contributed by atoms with Crippen LogP contribution in [0.25, 0.3) is 0 Å². The van der Waals surface area contributed by atoms with Gasteiger partial charge >= 0.3 is 0 Å². The van der Waals surface area contributed by atoms with Gasteiger partial charge in [0.25, 0.3) is 0 Å². The Morgan fingerprint density at radius 1 is 1.29 bits per heavy atom. The second-order valence-corrected chi connectivity index (χ2v) is 7.27. The van der Waals surface area contributed by atoms with E-state index in [0.29, 0.717) is 11.8 Å². The summed E-state index contributed by atoms with van der Waals surface area (Å²) in [5.74, 6) is 1.30. The van der Waals surface area contributed by atoms with Crippen LogP contribution in [0.1, 0.15) is 33.1 Å². The molecule has 82 valence electrons. The molecule has 1 saturated carbocycles. The van der Waals surface area contributed by atoms with Crippen LogP contribution in [0.4, 0.5) is 0 Å². The predicted octanol–water partition coefficient (Wildman–Crippen LogP) is 1.46. The Bertz CT molecular complexity index is 300. The van der Waals surface area contributed by atoms with Gasteiger partial charge in [-0.15, -0.1) is 0 Å². The Labute approximate surface area is 86.5 Å². The minimum Gasteiger partial charge on any atom is -0.212 e. The summed E-state index contributed by atoms with van der Waals surface area (Å²) in [4.78, 5) is 0. The van der Waals surface area contributed by atoms with Crippen LogP contribution >= 0.6 is 0 Å². The summed E-state index contributed by atoms with van der Waals surface area (Å²) in [6, 6.07) is 0. The quantitative estimate of drug-likeness (QED) is 0.715. The van der Waals surface area contributed by atoms with Crippen LogP contribution in [0.3, 0.4) is 0 Å². The SMILES string of the molecule is CC(C)CC1CN(S(=O)(=O)C2CC2)C1. The second-order valence-electron chi connectivity index (χ2n) is 5.06. The van der Waals surface area contributed by atoms with Gasteiger partial charge in [0, 0.05) is 13.1 Å². The molecule has 0 radical (unpaired) electrons. The van der Waals surface area contributed by atoms with Gasteiger partial charge in [-0.3, -0.25) is 0 Å². The smallest absolute Gasteiger partial charge is 0.212 e. The number of hydrogen-bond acceptors (Lipinski definition) is 2. The highest BCUT2D eigenvalue weighted by molar-refractivity contribution is 7.90. The molecule has 1 saturated heterocycles. The summed E-state index contributed by atoms with van der Waals surface area (Å²) >= 11 is 0. The minimum absolute atomic E-state index is 0.0255. The van der Waals surface area contributed by atoms with Crippen molar-refractivity contribution in [2.75, 3.05) is 13.1 Å². The van der Waals surface area contributed by atoms with E-state index >= 15 is 0 Å². The van der Waals surface area contributed by atoms with Gasteiger partial charge in [0.15, 0.2) is 0 Å². The van der Waals surface area contributed by atoms with Crippen molar-refractivity contribution in [2.24, 2.45) is 11.8 Å². The van der Waals surface area contributed by atoms with Crippen LogP contribution in [-0.4, -0.2) is 31.1 Å². The van der Waals surface area contributed by atoms with Crippen molar-refractivity contribution in [1.82, 2.24) is 4.31 Å². The lowest BCUT2D eigenvalue weighted by molar-refractivity contribution is 0.174. The number of sulfonamides is 1. The third-order valence-electron chi connectivity index (χ3n) is 3.03. The van der Waals surface area contributed by atoms with Crippen LogP contribution in [0.5, 0.6) is 0 Å². The molecule has 2 fully saturated rings. The largest absolute Gasteiger partial charge is 0.217 e. The summed E-state index contributed by atoms with van der Waals surface area (Å²) in [5, 5.41) is -0.0255. The number of rotatable bonds is 4. The molecule has 14 heavy (non-hydrogen) atoms. The van der Waals surface area contributed by atoms with Gasteiger partial charge in [0.05, 0.1) is 5.25 Å². The Morgan fingerprint density at radius 2 is 1.86 bits per heavy atom. The summed E-state index contributed by atoms with van der Waals surface area (Å²) in [6.45, 7) is 5.93. The maximum Gasteiger partial charge on any atom is 0.217 e. The van der Waals surface area contributed by atoms with Crippen molar-refractivity contribution >= 4 is 10.0 Å². The van der Waals surface area contributed by atoms with E-state index in [1.807, 2.05) is 0 Å². The molecule has 0 amide bonds. The maximum absolute atomic E-state index is 11.7. The van der Waals surface area contributed by atoms with E-state index in [4.69, 9.17) is 0 Å². The first-order valence-electron chi connectivity index (χ1n) is 5.49. The second kappa shape index (κ2) is 3.49. The molecule has 0 unspecified atom stereocenters. The van der Waals surface area contributed by atoms with Crippen molar-refractivity contribution in [3.8, 4) is 0 Å². The predicted molar refractivity (Wildman–Crippen MR) is 56.5 cm³/mol. The van der Waals surface area contributed by atoms with Crippen LogP contribution in [0, 0.1) is 11.8 Å². The summed E-state index contributed by atoms with van der Waals surface area (Å²) in [6.07, 6.45) is 2.93. The Morgan fingerprint density at radius 3 is 2.29 bits per heavy atom. The van der Waals surface area contributed by atoms with Crippen LogP contribution in [-0.2, 0) is 10.0 Å². The van der Waals surface area contributed by atoms with E-state index in [0.717, 1.165) is 32.4 Å². The van der Waals surface area contributed by atoms with Crippen molar-refractivity contribution in [1.29, 1.82) is 0 Å². The third-order valence-corrected chi connectivity index (χ3v) is 5.37.